The quantitative estimate of drug-likeness (QED) is 0.237. The van der Waals surface area contributed by atoms with Gasteiger partial charge < -0.3 is 0 Å². The molecular formula is C35H51ClFN3O. The van der Waals surface area contributed by atoms with Crippen LogP contribution in [-0.4, -0.2) is 66.3 Å². The van der Waals surface area contributed by atoms with E-state index in [1.54, 1.807) is 6.07 Å². The molecule has 1 aliphatic carbocycles. The largest absolute Gasteiger partial charge is 0.298 e. The molecule has 6 heteroatoms. The third-order valence-electron chi connectivity index (χ3n) is 9.81. The van der Waals surface area contributed by atoms with Gasteiger partial charge >= 0.3 is 0 Å². The number of carbonyl (C=O) groups excluding carboxylic acids is 1. The Morgan fingerprint density at radius 3 is 2.27 bits per heavy atom. The summed E-state index contributed by atoms with van der Waals surface area (Å²) in [4.78, 5) is 21.4. The second-order valence-corrected chi connectivity index (χ2v) is 13.1. The smallest absolute Gasteiger partial charge is 0.157 e. The van der Waals surface area contributed by atoms with Crippen LogP contribution in [0.2, 0.25) is 5.02 Å². The lowest BCUT2D eigenvalue weighted by Crippen LogP contribution is -2.50. The molecule has 0 radical (unpaired) electrons. The Bertz CT molecular complexity index is 1130. The van der Waals surface area contributed by atoms with Gasteiger partial charge in [-0.15, -0.1) is 0 Å². The molecule has 4 rings (SSSR count). The van der Waals surface area contributed by atoms with Gasteiger partial charge in [0.1, 0.15) is 5.82 Å². The number of likely N-dealkylation sites (N-methyl/N-ethyl adjacent to an activating group) is 1. The van der Waals surface area contributed by atoms with E-state index in [1.807, 2.05) is 6.07 Å². The summed E-state index contributed by atoms with van der Waals surface area (Å²) in [5, 5.41) is 0.437. The van der Waals surface area contributed by atoms with Crippen molar-refractivity contribution in [3.05, 3.63) is 69.5 Å². The van der Waals surface area contributed by atoms with Crippen molar-refractivity contribution in [3.63, 3.8) is 0 Å². The molecule has 2 atom stereocenters. The number of rotatable bonds is 13. The van der Waals surface area contributed by atoms with Crippen molar-refractivity contribution in [1.29, 1.82) is 0 Å². The molecule has 2 unspecified atom stereocenters. The lowest BCUT2D eigenvalue weighted by molar-refractivity contribution is -0.130. The van der Waals surface area contributed by atoms with E-state index in [-0.39, 0.29) is 23.8 Å². The Kier molecular flexibility index (Phi) is 11.4. The fraction of sp³-hybridized carbons (Fsp3) is 0.629. The maximum absolute atomic E-state index is 14.6. The number of hydrogen-bond acceptors (Lipinski definition) is 4. The van der Waals surface area contributed by atoms with Crippen LogP contribution in [-0.2, 0) is 4.79 Å². The third-order valence-corrected chi connectivity index (χ3v) is 10.0. The first-order valence-electron chi connectivity index (χ1n) is 15.9. The molecule has 2 aromatic rings. The van der Waals surface area contributed by atoms with E-state index in [2.05, 4.69) is 74.6 Å². The molecule has 2 aromatic carbocycles. The van der Waals surface area contributed by atoms with Crippen LogP contribution in [0.1, 0.15) is 106 Å². The van der Waals surface area contributed by atoms with Gasteiger partial charge in [-0.05, 0) is 106 Å². The fourth-order valence-corrected chi connectivity index (χ4v) is 7.30. The number of nitrogens with zero attached hydrogens (tertiary/aromatic N) is 3. The Labute approximate surface area is 253 Å². The van der Waals surface area contributed by atoms with Crippen molar-refractivity contribution < 1.29 is 9.18 Å². The monoisotopic (exact) mass is 583 g/mol. The summed E-state index contributed by atoms with van der Waals surface area (Å²) in [7, 11) is 2.12. The number of halogens is 2. The van der Waals surface area contributed by atoms with E-state index < -0.39 is 0 Å². The molecular weight excluding hydrogens is 533 g/mol. The van der Waals surface area contributed by atoms with Gasteiger partial charge in [0, 0.05) is 55.7 Å². The predicted octanol–water partition coefficient (Wildman–Crippen LogP) is 8.19. The van der Waals surface area contributed by atoms with Crippen molar-refractivity contribution in [1.82, 2.24) is 14.7 Å². The summed E-state index contributed by atoms with van der Waals surface area (Å²) in [5.41, 5.74) is 4.76. The molecule has 2 fully saturated rings. The van der Waals surface area contributed by atoms with Crippen LogP contribution in [0.3, 0.4) is 0 Å². The van der Waals surface area contributed by atoms with E-state index in [0.29, 0.717) is 22.8 Å². The third kappa shape index (κ3) is 7.60. The molecule has 0 bridgehead atoms. The molecule has 0 amide bonds. The van der Waals surface area contributed by atoms with Crippen molar-refractivity contribution in [3.8, 4) is 0 Å². The van der Waals surface area contributed by atoms with Crippen molar-refractivity contribution in [2.24, 2.45) is 5.92 Å². The Morgan fingerprint density at radius 1 is 1.05 bits per heavy atom. The summed E-state index contributed by atoms with van der Waals surface area (Å²) < 4.78 is 14.6. The topological polar surface area (TPSA) is 26.8 Å². The highest BCUT2D eigenvalue weighted by atomic mass is 35.5. The van der Waals surface area contributed by atoms with Crippen LogP contribution >= 0.6 is 11.6 Å². The van der Waals surface area contributed by atoms with Gasteiger partial charge in [-0.2, -0.15) is 0 Å². The molecule has 0 N–H and O–H groups in total. The van der Waals surface area contributed by atoms with Gasteiger partial charge in [-0.3, -0.25) is 19.5 Å². The van der Waals surface area contributed by atoms with Crippen LogP contribution in [0, 0.1) is 18.7 Å². The number of piperazine rings is 1. The number of hydrogen-bond donors (Lipinski definition) is 0. The van der Waals surface area contributed by atoms with E-state index >= 15 is 0 Å². The average Bonchev–Trinajstić information content (AvgIpc) is 2.89. The van der Waals surface area contributed by atoms with Gasteiger partial charge in [-0.25, -0.2) is 4.39 Å². The Balaban J connectivity index is 1.64. The normalized spacial score (nSPS) is 18.7. The lowest BCUT2D eigenvalue weighted by Gasteiger charge is -2.42. The maximum atomic E-state index is 14.6. The highest BCUT2D eigenvalue weighted by Crippen LogP contribution is 2.40. The van der Waals surface area contributed by atoms with Gasteiger partial charge in [0.15, 0.2) is 5.78 Å². The highest BCUT2D eigenvalue weighted by Gasteiger charge is 2.37. The Hall–Kier alpha value is -1.79. The van der Waals surface area contributed by atoms with E-state index in [4.69, 9.17) is 11.6 Å². The molecule has 1 saturated heterocycles. The van der Waals surface area contributed by atoms with Crippen molar-refractivity contribution in [2.45, 2.75) is 97.2 Å². The minimum Gasteiger partial charge on any atom is -0.298 e. The molecule has 1 aliphatic heterocycles. The SMILES string of the molecule is CCC(CC)c1c(C)cccc1C(C(=O)C1CCC1)N(C)CCC(c1cc(F)cc(Cl)c1)N1CCN(C(C)C)CC1. The minimum absolute atomic E-state index is 0.0374. The number of ketones is 1. The zero-order valence-electron chi connectivity index (χ0n) is 26.1. The first-order chi connectivity index (χ1) is 19.6. The average molecular weight is 584 g/mol. The van der Waals surface area contributed by atoms with Crippen LogP contribution in [0.5, 0.6) is 0 Å². The zero-order chi connectivity index (χ0) is 29.7. The summed E-state index contributed by atoms with van der Waals surface area (Å²) in [6.07, 6.45) is 6.07. The van der Waals surface area contributed by atoms with Gasteiger partial charge in [0.2, 0.25) is 0 Å². The molecule has 4 nitrogen and oxygen atoms in total. The fourth-order valence-electron chi connectivity index (χ4n) is 7.07. The van der Waals surface area contributed by atoms with E-state index in [9.17, 15) is 9.18 Å². The van der Waals surface area contributed by atoms with Gasteiger partial charge in [0.05, 0.1) is 6.04 Å². The number of Topliss-reactive ketones (excluding diaryl/α,β-unsaturated/α-hetero) is 1. The van der Waals surface area contributed by atoms with E-state index in [1.165, 1.54) is 22.8 Å². The molecule has 1 heterocycles. The van der Waals surface area contributed by atoms with Gasteiger partial charge in [-0.1, -0.05) is 50.1 Å². The van der Waals surface area contributed by atoms with Crippen LogP contribution in [0.15, 0.2) is 36.4 Å². The number of carbonyl (C=O) groups is 1. The summed E-state index contributed by atoms with van der Waals surface area (Å²) in [6.45, 7) is 15.8. The number of benzene rings is 2. The molecule has 1 saturated carbocycles. The first kappa shape index (κ1) is 32.1. The summed E-state index contributed by atoms with van der Waals surface area (Å²) >= 11 is 6.36. The predicted molar refractivity (Wildman–Crippen MR) is 169 cm³/mol. The van der Waals surface area contributed by atoms with Crippen molar-refractivity contribution >= 4 is 17.4 Å². The molecule has 226 valence electrons. The van der Waals surface area contributed by atoms with Crippen LogP contribution in [0.4, 0.5) is 4.39 Å². The van der Waals surface area contributed by atoms with Crippen molar-refractivity contribution in [2.75, 3.05) is 39.8 Å². The first-order valence-corrected chi connectivity index (χ1v) is 16.3. The molecule has 0 spiro atoms. The molecule has 0 aromatic heterocycles. The highest BCUT2D eigenvalue weighted by molar-refractivity contribution is 6.30. The zero-order valence-corrected chi connectivity index (χ0v) is 26.9. The van der Waals surface area contributed by atoms with Gasteiger partial charge in [0.25, 0.3) is 0 Å². The number of aryl methyl sites for hydroxylation is 1. The summed E-state index contributed by atoms with van der Waals surface area (Å²) in [5.74, 6) is 0.668. The van der Waals surface area contributed by atoms with Crippen LogP contribution in [0.25, 0.3) is 0 Å². The van der Waals surface area contributed by atoms with E-state index in [0.717, 1.165) is 76.8 Å². The van der Waals surface area contributed by atoms with Crippen LogP contribution < -0.4 is 0 Å². The molecule has 41 heavy (non-hydrogen) atoms. The molecule has 2 aliphatic rings. The standard InChI is InChI=1S/C35H51ClFN3O/c1-7-26(8-2)33-25(5)11-9-14-31(33)34(35(41)27-12-10-13-27)38(6)16-15-32(28-21-29(36)23-30(37)22-28)40-19-17-39(18-20-40)24(3)4/h9,11,14,21-24,26-27,32,34H,7-8,10,12-13,15-20H2,1-6H3. The summed E-state index contributed by atoms with van der Waals surface area (Å²) in [6, 6.07) is 11.8. The lowest BCUT2D eigenvalue weighted by atomic mass is 9.75. The Morgan fingerprint density at radius 2 is 1.71 bits per heavy atom. The minimum atomic E-state index is -0.292. The second kappa shape index (κ2) is 14.6. The maximum Gasteiger partial charge on any atom is 0.157 e. The second-order valence-electron chi connectivity index (χ2n) is 12.7.